The predicted octanol–water partition coefficient (Wildman–Crippen LogP) is 5.60. The third-order valence-corrected chi connectivity index (χ3v) is 4.70. The highest BCUT2D eigenvalue weighted by Crippen LogP contribution is 2.28. The lowest BCUT2D eigenvalue weighted by atomic mass is 10.2. The van der Waals surface area contributed by atoms with Gasteiger partial charge in [0.05, 0.1) is 0 Å². The van der Waals surface area contributed by atoms with Crippen molar-refractivity contribution in [3.05, 3.63) is 47.1 Å². The standard InChI is InChI=1S/C13H11F3S2/c14-11(13(15)16)5-6-17-8-10-7-9-3-1-2-4-12(9)18-10/h1-4,7H,5-6,8H2. The van der Waals surface area contributed by atoms with Crippen molar-refractivity contribution in [3.63, 3.8) is 0 Å². The highest BCUT2D eigenvalue weighted by atomic mass is 32.2. The van der Waals surface area contributed by atoms with Crippen LogP contribution in [0.1, 0.15) is 11.3 Å². The molecule has 0 atom stereocenters. The molecule has 0 saturated carbocycles. The maximum Gasteiger partial charge on any atom is 0.301 e. The lowest BCUT2D eigenvalue weighted by molar-refractivity contribution is 0.373. The minimum atomic E-state index is -2.20. The Bertz CT molecular complexity index is 523. The van der Waals surface area contributed by atoms with Crippen LogP contribution in [0.15, 0.2) is 42.2 Å². The lowest BCUT2D eigenvalue weighted by Crippen LogP contribution is -1.83. The molecular formula is C13H11F3S2. The Kier molecular flexibility index (Phi) is 4.72. The van der Waals surface area contributed by atoms with Crippen LogP contribution in [0.5, 0.6) is 0 Å². The normalized spacial score (nSPS) is 10.8. The van der Waals surface area contributed by atoms with Gasteiger partial charge in [-0.3, -0.25) is 0 Å². The first kappa shape index (κ1) is 13.5. The van der Waals surface area contributed by atoms with Crippen LogP contribution in [-0.2, 0) is 5.75 Å². The Morgan fingerprint density at radius 1 is 1.17 bits per heavy atom. The summed E-state index contributed by atoms with van der Waals surface area (Å²) in [6.07, 6.45) is -2.39. The predicted molar refractivity (Wildman–Crippen MR) is 73.0 cm³/mol. The average Bonchev–Trinajstić information content (AvgIpc) is 2.76. The second-order valence-electron chi connectivity index (χ2n) is 3.72. The summed E-state index contributed by atoms with van der Waals surface area (Å²) in [5.41, 5.74) is 0. The average molecular weight is 288 g/mol. The third kappa shape index (κ3) is 3.53. The Hall–Kier alpha value is -0.940. The smallest absolute Gasteiger partial charge is 0.206 e. The summed E-state index contributed by atoms with van der Waals surface area (Å²) in [4.78, 5) is 1.19. The van der Waals surface area contributed by atoms with E-state index in [1.807, 2.05) is 18.2 Å². The van der Waals surface area contributed by atoms with Crippen LogP contribution < -0.4 is 0 Å². The number of hydrogen-bond acceptors (Lipinski definition) is 2. The van der Waals surface area contributed by atoms with Crippen LogP contribution in [0, 0.1) is 0 Å². The van der Waals surface area contributed by atoms with Crippen molar-refractivity contribution in [2.24, 2.45) is 0 Å². The Labute approximate surface area is 112 Å². The zero-order chi connectivity index (χ0) is 13.0. The molecule has 5 heteroatoms. The van der Waals surface area contributed by atoms with E-state index in [1.54, 1.807) is 11.3 Å². The first-order valence-corrected chi connectivity index (χ1v) is 7.39. The second-order valence-corrected chi connectivity index (χ2v) is 5.99. The van der Waals surface area contributed by atoms with Gasteiger partial charge in [0, 0.05) is 27.5 Å². The molecule has 96 valence electrons. The van der Waals surface area contributed by atoms with E-state index in [-0.39, 0.29) is 6.42 Å². The molecule has 0 radical (unpaired) electrons. The number of thiophene rings is 1. The maximum absolute atomic E-state index is 12.5. The van der Waals surface area contributed by atoms with Crippen molar-refractivity contribution in [2.45, 2.75) is 12.2 Å². The van der Waals surface area contributed by atoms with Gasteiger partial charge in [-0.05, 0) is 17.5 Å². The van der Waals surface area contributed by atoms with Gasteiger partial charge in [0.15, 0.2) is 5.83 Å². The van der Waals surface area contributed by atoms with Crippen molar-refractivity contribution >= 4 is 33.2 Å². The monoisotopic (exact) mass is 288 g/mol. The van der Waals surface area contributed by atoms with E-state index in [0.29, 0.717) is 5.75 Å². The van der Waals surface area contributed by atoms with Crippen LogP contribution in [-0.4, -0.2) is 5.75 Å². The molecule has 0 fully saturated rings. The van der Waals surface area contributed by atoms with Gasteiger partial charge in [0.2, 0.25) is 0 Å². The van der Waals surface area contributed by atoms with Crippen molar-refractivity contribution in [3.8, 4) is 0 Å². The molecule has 0 nitrogen and oxygen atoms in total. The van der Waals surface area contributed by atoms with Gasteiger partial charge in [-0.15, -0.1) is 11.3 Å². The molecular weight excluding hydrogens is 277 g/mol. The van der Waals surface area contributed by atoms with Crippen molar-refractivity contribution in [1.29, 1.82) is 0 Å². The molecule has 1 aromatic heterocycles. The Balaban J connectivity index is 1.85. The minimum absolute atomic E-state index is 0.197. The number of rotatable bonds is 5. The Morgan fingerprint density at radius 3 is 2.67 bits per heavy atom. The quantitative estimate of drug-likeness (QED) is 0.645. The van der Waals surface area contributed by atoms with Crippen LogP contribution >= 0.6 is 23.1 Å². The third-order valence-electron chi connectivity index (χ3n) is 2.39. The maximum atomic E-state index is 12.5. The molecule has 0 aliphatic heterocycles. The molecule has 0 aliphatic rings. The topological polar surface area (TPSA) is 0 Å². The highest BCUT2D eigenvalue weighted by Gasteiger charge is 2.05. The first-order valence-electron chi connectivity index (χ1n) is 5.41. The lowest BCUT2D eigenvalue weighted by Gasteiger charge is -1.97. The molecule has 0 unspecified atom stereocenters. The molecule has 2 aromatic rings. The fourth-order valence-corrected chi connectivity index (χ4v) is 3.63. The van der Waals surface area contributed by atoms with E-state index >= 15 is 0 Å². The van der Waals surface area contributed by atoms with Crippen molar-refractivity contribution in [1.82, 2.24) is 0 Å². The molecule has 1 aromatic carbocycles. The number of halogens is 3. The summed E-state index contributed by atoms with van der Waals surface area (Å²) in [6.45, 7) is 0. The molecule has 0 aliphatic carbocycles. The summed E-state index contributed by atoms with van der Waals surface area (Å²) >= 11 is 3.16. The summed E-state index contributed by atoms with van der Waals surface area (Å²) in [7, 11) is 0. The molecule has 2 rings (SSSR count). The van der Waals surface area contributed by atoms with Crippen LogP contribution in [0.4, 0.5) is 13.2 Å². The Morgan fingerprint density at radius 2 is 1.94 bits per heavy atom. The van der Waals surface area contributed by atoms with Crippen molar-refractivity contribution in [2.75, 3.05) is 5.75 Å². The molecule has 18 heavy (non-hydrogen) atoms. The summed E-state index contributed by atoms with van der Waals surface area (Å²) < 4.78 is 37.4. The van der Waals surface area contributed by atoms with E-state index in [9.17, 15) is 13.2 Å². The van der Waals surface area contributed by atoms with E-state index in [4.69, 9.17) is 0 Å². The minimum Gasteiger partial charge on any atom is -0.206 e. The second kappa shape index (κ2) is 6.29. The molecule has 0 bridgehead atoms. The molecule has 1 heterocycles. The highest BCUT2D eigenvalue weighted by molar-refractivity contribution is 7.98. The summed E-state index contributed by atoms with van der Waals surface area (Å²) in [6, 6.07) is 10.2. The van der Waals surface area contributed by atoms with E-state index in [2.05, 4.69) is 12.1 Å². The number of thioether (sulfide) groups is 1. The molecule has 0 N–H and O–H groups in total. The van der Waals surface area contributed by atoms with Crippen LogP contribution in [0.2, 0.25) is 0 Å². The van der Waals surface area contributed by atoms with Gasteiger partial charge in [-0.2, -0.15) is 20.5 Å². The number of benzene rings is 1. The van der Waals surface area contributed by atoms with Crippen LogP contribution in [0.3, 0.4) is 0 Å². The van der Waals surface area contributed by atoms with Gasteiger partial charge in [0.1, 0.15) is 0 Å². The van der Waals surface area contributed by atoms with Gasteiger partial charge in [0.25, 0.3) is 0 Å². The number of fused-ring (bicyclic) bond motifs is 1. The van der Waals surface area contributed by atoms with Crippen LogP contribution in [0.25, 0.3) is 10.1 Å². The number of allylic oxidation sites excluding steroid dienone is 1. The molecule has 0 saturated heterocycles. The fourth-order valence-electron chi connectivity index (χ4n) is 1.54. The van der Waals surface area contributed by atoms with E-state index in [1.165, 1.54) is 26.7 Å². The van der Waals surface area contributed by atoms with E-state index in [0.717, 1.165) is 5.75 Å². The van der Waals surface area contributed by atoms with E-state index < -0.39 is 11.9 Å². The summed E-state index contributed by atoms with van der Waals surface area (Å²) in [5, 5.41) is 1.19. The van der Waals surface area contributed by atoms with Crippen molar-refractivity contribution < 1.29 is 13.2 Å². The van der Waals surface area contributed by atoms with Gasteiger partial charge >= 0.3 is 6.08 Å². The zero-order valence-corrected chi connectivity index (χ0v) is 11.1. The van der Waals surface area contributed by atoms with Gasteiger partial charge in [-0.1, -0.05) is 18.2 Å². The molecule has 0 amide bonds. The number of hydrogen-bond donors (Lipinski definition) is 0. The SMILES string of the molecule is FC(F)=C(F)CCSCc1cc2ccccc2s1. The zero-order valence-electron chi connectivity index (χ0n) is 9.46. The van der Waals surface area contributed by atoms with Gasteiger partial charge in [-0.25, -0.2) is 4.39 Å². The fraction of sp³-hybridized carbons (Fsp3) is 0.231. The van der Waals surface area contributed by atoms with Gasteiger partial charge < -0.3 is 0 Å². The largest absolute Gasteiger partial charge is 0.301 e. The molecule has 0 spiro atoms. The first-order chi connectivity index (χ1) is 8.66. The summed E-state index contributed by atoms with van der Waals surface area (Å²) in [5.74, 6) is -0.184.